The molecule has 1 aromatic rings. The highest BCUT2D eigenvalue weighted by molar-refractivity contribution is 5.75. The van der Waals surface area contributed by atoms with Crippen molar-refractivity contribution in [3.8, 4) is 0 Å². The number of carbonyl (C=O) groups excluding carboxylic acids is 1. The van der Waals surface area contributed by atoms with Gasteiger partial charge in [0.25, 0.3) is 0 Å². The number of allylic oxidation sites excluding steroid dienone is 2. The van der Waals surface area contributed by atoms with Crippen LogP contribution in [0.5, 0.6) is 0 Å². The van der Waals surface area contributed by atoms with E-state index in [1.807, 2.05) is 13.0 Å². The van der Waals surface area contributed by atoms with Gasteiger partial charge in [0.15, 0.2) is 0 Å². The third-order valence-corrected chi connectivity index (χ3v) is 4.24. The Hall–Kier alpha value is -1.77. The number of benzene rings is 1. The van der Waals surface area contributed by atoms with Gasteiger partial charge < -0.3 is 9.47 Å². The van der Waals surface area contributed by atoms with Crippen LogP contribution in [0.4, 0.5) is 0 Å². The van der Waals surface area contributed by atoms with E-state index >= 15 is 0 Å². The van der Waals surface area contributed by atoms with Gasteiger partial charge in [0, 0.05) is 12.0 Å². The predicted octanol–water partition coefficient (Wildman–Crippen LogP) is 4.39. The maximum Gasteiger partial charge on any atom is 0.309 e. The van der Waals surface area contributed by atoms with Crippen molar-refractivity contribution in [2.75, 3.05) is 6.61 Å². The topological polar surface area (TPSA) is 35.5 Å². The Morgan fingerprint density at radius 3 is 2.90 bits per heavy atom. The van der Waals surface area contributed by atoms with Crippen molar-refractivity contribution < 1.29 is 14.3 Å². The van der Waals surface area contributed by atoms with Gasteiger partial charge in [-0.15, -0.1) is 0 Å². The second-order valence-corrected chi connectivity index (χ2v) is 5.67. The van der Waals surface area contributed by atoms with Crippen LogP contribution in [0.3, 0.4) is 0 Å². The maximum absolute atomic E-state index is 11.8. The summed E-state index contributed by atoms with van der Waals surface area (Å²) < 4.78 is 11.3. The first-order valence-corrected chi connectivity index (χ1v) is 7.93. The number of esters is 1. The van der Waals surface area contributed by atoms with Gasteiger partial charge >= 0.3 is 5.97 Å². The molecule has 0 saturated carbocycles. The smallest absolute Gasteiger partial charge is 0.309 e. The first-order valence-electron chi connectivity index (χ1n) is 7.93. The molecule has 1 aromatic carbocycles. The number of hydrogen-bond acceptors (Lipinski definition) is 3. The van der Waals surface area contributed by atoms with E-state index in [2.05, 4.69) is 18.2 Å². The SMILES string of the molecule is CCOC(=O)C[C@H]1OC2=C(CCCCC2)c2ccccc21. The molecule has 0 N–H and O–H groups in total. The molecule has 21 heavy (non-hydrogen) atoms. The van der Waals surface area contributed by atoms with Crippen molar-refractivity contribution in [2.24, 2.45) is 0 Å². The van der Waals surface area contributed by atoms with E-state index < -0.39 is 0 Å². The van der Waals surface area contributed by atoms with Crippen LogP contribution in [0.15, 0.2) is 30.0 Å². The number of hydrogen-bond donors (Lipinski definition) is 0. The van der Waals surface area contributed by atoms with Crippen molar-refractivity contribution >= 4 is 11.5 Å². The van der Waals surface area contributed by atoms with E-state index in [0.717, 1.165) is 24.2 Å². The number of rotatable bonds is 3. The molecular weight excluding hydrogens is 264 g/mol. The van der Waals surface area contributed by atoms with Crippen molar-refractivity contribution in [3.05, 3.63) is 41.2 Å². The number of ether oxygens (including phenoxy) is 2. The largest absolute Gasteiger partial charge is 0.489 e. The van der Waals surface area contributed by atoms with Crippen LogP contribution in [0, 0.1) is 0 Å². The highest BCUT2D eigenvalue weighted by Gasteiger charge is 2.30. The summed E-state index contributed by atoms with van der Waals surface area (Å²) in [6.45, 7) is 2.25. The summed E-state index contributed by atoms with van der Waals surface area (Å²) in [6, 6.07) is 8.33. The quantitative estimate of drug-likeness (QED) is 0.773. The summed E-state index contributed by atoms with van der Waals surface area (Å²) in [6.07, 6.45) is 5.81. The summed E-state index contributed by atoms with van der Waals surface area (Å²) in [4.78, 5) is 11.8. The van der Waals surface area contributed by atoms with Gasteiger partial charge in [-0.05, 0) is 37.3 Å². The molecule has 112 valence electrons. The Bertz CT molecular complexity index is 559. The lowest BCUT2D eigenvalue weighted by atomic mass is 9.89. The van der Waals surface area contributed by atoms with E-state index in [1.165, 1.54) is 30.4 Å². The van der Waals surface area contributed by atoms with E-state index in [0.29, 0.717) is 13.0 Å². The van der Waals surface area contributed by atoms with Crippen LogP contribution in [0.1, 0.15) is 62.7 Å². The van der Waals surface area contributed by atoms with E-state index in [9.17, 15) is 4.79 Å². The monoisotopic (exact) mass is 286 g/mol. The Morgan fingerprint density at radius 1 is 1.24 bits per heavy atom. The average Bonchev–Trinajstić information content (AvgIpc) is 2.73. The third-order valence-electron chi connectivity index (χ3n) is 4.24. The molecule has 0 saturated heterocycles. The van der Waals surface area contributed by atoms with Crippen LogP contribution in [0.25, 0.3) is 5.57 Å². The van der Waals surface area contributed by atoms with Crippen molar-refractivity contribution in [2.45, 2.75) is 51.6 Å². The zero-order valence-corrected chi connectivity index (χ0v) is 12.6. The second kappa shape index (κ2) is 6.33. The van der Waals surface area contributed by atoms with Crippen molar-refractivity contribution in [3.63, 3.8) is 0 Å². The van der Waals surface area contributed by atoms with Gasteiger partial charge in [-0.1, -0.05) is 30.7 Å². The summed E-state index contributed by atoms with van der Waals surface area (Å²) in [5.74, 6) is 0.912. The zero-order valence-electron chi connectivity index (χ0n) is 12.6. The fourth-order valence-electron chi connectivity index (χ4n) is 3.28. The predicted molar refractivity (Wildman–Crippen MR) is 81.5 cm³/mol. The second-order valence-electron chi connectivity index (χ2n) is 5.67. The molecule has 0 aromatic heterocycles. The van der Waals surface area contributed by atoms with E-state index in [1.54, 1.807) is 0 Å². The Labute approximate surface area is 125 Å². The molecule has 2 aliphatic rings. The van der Waals surface area contributed by atoms with Crippen LogP contribution in [-0.4, -0.2) is 12.6 Å². The molecular formula is C18H22O3. The fraction of sp³-hybridized carbons (Fsp3) is 0.500. The minimum Gasteiger partial charge on any atom is -0.489 e. The van der Waals surface area contributed by atoms with Gasteiger partial charge in [-0.2, -0.15) is 0 Å². The first-order chi connectivity index (χ1) is 10.3. The van der Waals surface area contributed by atoms with Crippen LogP contribution in [0.2, 0.25) is 0 Å². The van der Waals surface area contributed by atoms with Crippen LogP contribution in [-0.2, 0) is 14.3 Å². The standard InChI is InChI=1S/C18H22O3/c1-2-20-18(19)12-17-15-10-7-6-8-13(15)14-9-4-3-5-11-16(14)21-17/h6-8,10,17H,2-5,9,11-12H2,1H3/t17-/m1/s1. The average molecular weight is 286 g/mol. The molecule has 0 amide bonds. The molecule has 0 fully saturated rings. The lowest BCUT2D eigenvalue weighted by Gasteiger charge is -2.30. The van der Waals surface area contributed by atoms with Crippen molar-refractivity contribution in [1.82, 2.24) is 0 Å². The zero-order chi connectivity index (χ0) is 14.7. The lowest BCUT2D eigenvalue weighted by molar-refractivity contribution is -0.145. The van der Waals surface area contributed by atoms with Crippen LogP contribution < -0.4 is 0 Å². The fourth-order valence-corrected chi connectivity index (χ4v) is 3.28. The third kappa shape index (κ3) is 2.97. The normalized spacial score (nSPS) is 20.9. The minimum atomic E-state index is -0.197. The van der Waals surface area contributed by atoms with E-state index in [-0.39, 0.29) is 12.1 Å². The van der Waals surface area contributed by atoms with Gasteiger partial charge in [0.05, 0.1) is 13.0 Å². The first kappa shape index (κ1) is 14.2. The molecule has 0 unspecified atom stereocenters. The highest BCUT2D eigenvalue weighted by Crippen LogP contribution is 2.43. The molecule has 0 radical (unpaired) electrons. The van der Waals surface area contributed by atoms with Crippen molar-refractivity contribution in [1.29, 1.82) is 0 Å². The maximum atomic E-state index is 11.8. The Kier molecular flexibility index (Phi) is 4.28. The Morgan fingerprint density at radius 2 is 2.05 bits per heavy atom. The molecule has 3 heteroatoms. The number of fused-ring (bicyclic) bond motifs is 2. The minimum absolute atomic E-state index is 0.185. The molecule has 3 nitrogen and oxygen atoms in total. The molecule has 1 aliphatic carbocycles. The lowest BCUT2D eigenvalue weighted by Crippen LogP contribution is -2.18. The van der Waals surface area contributed by atoms with Gasteiger partial charge in [0.2, 0.25) is 0 Å². The summed E-state index contributed by atoms with van der Waals surface area (Å²) in [7, 11) is 0. The molecule has 1 atom stereocenters. The molecule has 0 spiro atoms. The summed E-state index contributed by atoms with van der Waals surface area (Å²) in [5.41, 5.74) is 3.75. The van der Waals surface area contributed by atoms with Gasteiger partial charge in [-0.3, -0.25) is 4.79 Å². The molecule has 1 heterocycles. The molecule has 1 aliphatic heterocycles. The van der Waals surface area contributed by atoms with Gasteiger partial charge in [-0.25, -0.2) is 0 Å². The number of carbonyl (C=O) groups is 1. The Balaban J connectivity index is 1.92. The molecule has 0 bridgehead atoms. The summed E-state index contributed by atoms with van der Waals surface area (Å²) in [5, 5.41) is 0. The van der Waals surface area contributed by atoms with Crippen LogP contribution >= 0.6 is 0 Å². The highest BCUT2D eigenvalue weighted by atomic mass is 16.5. The molecule has 3 rings (SSSR count). The van der Waals surface area contributed by atoms with Gasteiger partial charge in [0.1, 0.15) is 11.9 Å². The van der Waals surface area contributed by atoms with E-state index in [4.69, 9.17) is 9.47 Å². The summed E-state index contributed by atoms with van der Waals surface area (Å²) >= 11 is 0.